The van der Waals surface area contributed by atoms with Crippen LogP contribution in [-0.2, 0) is 0 Å². The predicted octanol–water partition coefficient (Wildman–Crippen LogP) is 4.45. The summed E-state index contributed by atoms with van der Waals surface area (Å²) in [5.74, 6) is 0.340. The topological polar surface area (TPSA) is 74.4 Å². The van der Waals surface area contributed by atoms with Gasteiger partial charge in [-0.2, -0.15) is 0 Å². The standard InChI is InChI=1S/C22H27FN2O3/c1-13(2)11-27-17-8-14(7-16(23)9-17)19-6-5-18(20(24)26)21(25-19)28-12-15-10-22(15,3)4/h5-9,13,15H,10-12H2,1-4H3,(H2,24,26). The van der Waals surface area contributed by atoms with E-state index >= 15 is 0 Å². The van der Waals surface area contributed by atoms with Gasteiger partial charge in [-0.1, -0.05) is 27.7 Å². The zero-order valence-corrected chi connectivity index (χ0v) is 16.8. The number of hydrogen-bond donors (Lipinski definition) is 1. The average Bonchev–Trinajstić information content (AvgIpc) is 3.24. The molecule has 1 aliphatic carbocycles. The Kier molecular flexibility index (Phi) is 5.59. The van der Waals surface area contributed by atoms with Crippen molar-refractivity contribution in [2.75, 3.05) is 13.2 Å². The van der Waals surface area contributed by atoms with Crippen LogP contribution >= 0.6 is 0 Å². The number of nitrogens with zero attached hydrogens (tertiary/aromatic N) is 1. The molecule has 1 amide bonds. The quantitative estimate of drug-likeness (QED) is 0.727. The molecule has 1 fully saturated rings. The second-order valence-electron chi connectivity index (χ2n) is 8.49. The van der Waals surface area contributed by atoms with E-state index in [4.69, 9.17) is 15.2 Å². The first-order chi connectivity index (χ1) is 13.2. The number of carbonyl (C=O) groups is 1. The minimum absolute atomic E-state index is 0.182. The van der Waals surface area contributed by atoms with Crippen molar-refractivity contribution in [1.29, 1.82) is 0 Å². The van der Waals surface area contributed by atoms with Crippen molar-refractivity contribution in [3.8, 4) is 22.9 Å². The monoisotopic (exact) mass is 386 g/mol. The van der Waals surface area contributed by atoms with E-state index in [0.717, 1.165) is 6.42 Å². The van der Waals surface area contributed by atoms with E-state index in [9.17, 15) is 9.18 Å². The summed E-state index contributed by atoms with van der Waals surface area (Å²) in [5, 5.41) is 0. The minimum atomic E-state index is -0.607. The van der Waals surface area contributed by atoms with Crippen molar-refractivity contribution in [1.82, 2.24) is 4.98 Å². The number of benzene rings is 1. The summed E-state index contributed by atoms with van der Waals surface area (Å²) in [4.78, 5) is 16.2. The lowest BCUT2D eigenvalue weighted by molar-refractivity contribution is 0.0995. The molecular formula is C22H27FN2O3. The molecule has 0 spiro atoms. The maximum absolute atomic E-state index is 14.1. The van der Waals surface area contributed by atoms with Crippen LogP contribution in [0.5, 0.6) is 11.6 Å². The lowest BCUT2D eigenvalue weighted by Crippen LogP contribution is -2.15. The van der Waals surface area contributed by atoms with Crippen LogP contribution in [0.1, 0.15) is 44.5 Å². The van der Waals surface area contributed by atoms with E-state index in [2.05, 4.69) is 18.8 Å². The van der Waals surface area contributed by atoms with E-state index in [1.165, 1.54) is 12.1 Å². The maximum atomic E-state index is 14.1. The van der Waals surface area contributed by atoms with Gasteiger partial charge in [0.2, 0.25) is 5.88 Å². The van der Waals surface area contributed by atoms with Crippen LogP contribution in [0.25, 0.3) is 11.3 Å². The third kappa shape index (κ3) is 4.80. The van der Waals surface area contributed by atoms with E-state index in [1.54, 1.807) is 18.2 Å². The average molecular weight is 386 g/mol. The molecule has 0 radical (unpaired) electrons. The number of primary amides is 1. The molecule has 1 aromatic carbocycles. The number of carbonyl (C=O) groups excluding carboxylic acids is 1. The molecule has 1 unspecified atom stereocenters. The molecule has 1 aliphatic rings. The molecule has 1 saturated carbocycles. The predicted molar refractivity (Wildman–Crippen MR) is 106 cm³/mol. The van der Waals surface area contributed by atoms with E-state index < -0.39 is 11.7 Å². The number of nitrogens with two attached hydrogens (primary N) is 1. The molecule has 1 aromatic heterocycles. The van der Waals surface area contributed by atoms with E-state index in [-0.39, 0.29) is 16.9 Å². The van der Waals surface area contributed by atoms with Crippen molar-refractivity contribution < 1.29 is 18.7 Å². The number of hydrogen-bond acceptors (Lipinski definition) is 4. The number of aromatic nitrogens is 1. The summed E-state index contributed by atoms with van der Waals surface area (Å²) in [7, 11) is 0. The van der Waals surface area contributed by atoms with Crippen molar-refractivity contribution in [2.24, 2.45) is 23.0 Å². The van der Waals surface area contributed by atoms with Gasteiger partial charge in [0.05, 0.1) is 18.9 Å². The first-order valence-corrected chi connectivity index (χ1v) is 9.53. The molecule has 6 heteroatoms. The molecule has 28 heavy (non-hydrogen) atoms. The molecule has 0 bridgehead atoms. The molecule has 2 aromatic rings. The minimum Gasteiger partial charge on any atom is -0.493 e. The first-order valence-electron chi connectivity index (χ1n) is 9.53. The summed E-state index contributed by atoms with van der Waals surface area (Å²) in [6.07, 6.45) is 1.07. The fourth-order valence-corrected chi connectivity index (χ4v) is 3.00. The number of rotatable bonds is 8. The Morgan fingerprint density at radius 2 is 2.00 bits per heavy atom. The van der Waals surface area contributed by atoms with Crippen molar-refractivity contribution >= 4 is 5.91 Å². The van der Waals surface area contributed by atoms with Gasteiger partial charge in [-0.3, -0.25) is 4.79 Å². The van der Waals surface area contributed by atoms with Gasteiger partial charge in [-0.05, 0) is 47.9 Å². The van der Waals surface area contributed by atoms with Gasteiger partial charge in [0.15, 0.2) is 0 Å². The summed E-state index contributed by atoms with van der Waals surface area (Å²) in [6.45, 7) is 9.35. The molecular weight excluding hydrogens is 359 g/mol. The van der Waals surface area contributed by atoms with E-state index in [1.807, 2.05) is 13.8 Å². The molecule has 0 saturated heterocycles. The van der Waals surface area contributed by atoms with Crippen molar-refractivity contribution in [3.63, 3.8) is 0 Å². The highest BCUT2D eigenvalue weighted by Crippen LogP contribution is 2.51. The zero-order chi connectivity index (χ0) is 20.5. The van der Waals surface area contributed by atoms with Crippen molar-refractivity contribution in [2.45, 2.75) is 34.1 Å². The van der Waals surface area contributed by atoms with Crippen LogP contribution < -0.4 is 15.2 Å². The molecule has 1 atom stereocenters. The second-order valence-corrected chi connectivity index (χ2v) is 8.49. The summed E-state index contributed by atoms with van der Waals surface area (Å²) in [5.41, 5.74) is 6.96. The number of amides is 1. The second kappa shape index (κ2) is 7.78. The Bertz CT molecular complexity index is 880. The number of halogens is 1. The highest BCUT2D eigenvalue weighted by Gasteiger charge is 2.46. The smallest absolute Gasteiger partial charge is 0.254 e. The first kappa shape index (κ1) is 20.1. The summed E-state index contributed by atoms with van der Waals surface area (Å²) < 4.78 is 25.5. The Balaban J connectivity index is 1.87. The maximum Gasteiger partial charge on any atom is 0.254 e. The Hall–Kier alpha value is -2.63. The van der Waals surface area contributed by atoms with E-state index in [0.29, 0.717) is 42.1 Å². The van der Waals surface area contributed by atoms with Gasteiger partial charge in [-0.25, -0.2) is 9.37 Å². The van der Waals surface area contributed by atoms with Crippen LogP contribution in [-0.4, -0.2) is 24.1 Å². The van der Waals surface area contributed by atoms with Gasteiger partial charge >= 0.3 is 0 Å². The fourth-order valence-electron chi connectivity index (χ4n) is 3.00. The molecule has 1 heterocycles. The number of pyridine rings is 1. The SMILES string of the molecule is CC(C)COc1cc(F)cc(-c2ccc(C(N)=O)c(OCC3CC3(C)C)n2)c1. The molecule has 3 rings (SSSR count). The largest absolute Gasteiger partial charge is 0.493 e. The fraction of sp³-hybridized carbons (Fsp3) is 0.455. The highest BCUT2D eigenvalue weighted by atomic mass is 19.1. The Morgan fingerprint density at radius 1 is 1.29 bits per heavy atom. The highest BCUT2D eigenvalue weighted by molar-refractivity contribution is 5.95. The van der Waals surface area contributed by atoms with Crippen LogP contribution in [0.4, 0.5) is 4.39 Å². The third-order valence-electron chi connectivity index (χ3n) is 5.01. The van der Waals surface area contributed by atoms with Crippen molar-refractivity contribution in [3.05, 3.63) is 41.7 Å². The zero-order valence-electron chi connectivity index (χ0n) is 16.8. The third-order valence-corrected chi connectivity index (χ3v) is 5.01. The summed E-state index contributed by atoms with van der Waals surface area (Å²) in [6, 6.07) is 7.65. The Labute approximate surface area is 165 Å². The van der Waals surface area contributed by atoms with Gasteiger partial charge in [0, 0.05) is 11.6 Å². The molecule has 0 aliphatic heterocycles. The molecule has 150 valence electrons. The van der Waals surface area contributed by atoms with Crippen LogP contribution in [0.3, 0.4) is 0 Å². The van der Waals surface area contributed by atoms with Gasteiger partial charge < -0.3 is 15.2 Å². The van der Waals surface area contributed by atoms with Gasteiger partial charge in [0.25, 0.3) is 5.91 Å². The normalized spacial score (nSPS) is 17.4. The number of ether oxygens (including phenoxy) is 2. The van der Waals surface area contributed by atoms with Crippen LogP contribution in [0.2, 0.25) is 0 Å². The Morgan fingerprint density at radius 3 is 2.61 bits per heavy atom. The van der Waals surface area contributed by atoms with Gasteiger partial charge in [0.1, 0.15) is 17.1 Å². The lowest BCUT2D eigenvalue weighted by atomic mass is 10.1. The van der Waals surface area contributed by atoms with Crippen LogP contribution in [0, 0.1) is 23.1 Å². The summed E-state index contributed by atoms with van der Waals surface area (Å²) >= 11 is 0. The molecule has 5 nitrogen and oxygen atoms in total. The molecule has 2 N–H and O–H groups in total. The lowest BCUT2D eigenvalue weighted by Gasteiger charge is -2.13. The van der Waals surface area contributed by atoms with Gasteiger partial charge in [-0.15, -0.1) is 0 Å². The van der Waals surface area contributed by atoms with Crippen LogP contribution in [0.15, 0.2) is 30.3 Å².